The highest BCUT2D eigenvalue weighted by atomic mass is 32.2. The van der Waals surface area contributed by atoms with Crippen LogP contribution in [-0.2, 0) is 14.3 Å². The largest absolute Gasteiger partial charge is 0.468 e. The zero-order valence-corrected chi connectivity index (χ0v) is 8.23. The van der Waals surface area contributed by atoms with Crippen molar-refractivity contribution in [2.45, 2.75) is 19.4 Å². The minimum absolute atomic E-state index is 0.0596. The number of carbonyl (C=O) groups is 2. The Morgan fingerprint density at radius 2 is 2.08 bits per heavy atom. The Hall–Kier alpha value is -0.550. The van der Waals surface area contributed by atoms with Gasteiger partial charge in [0.1, 0.15) is 5.54 Å². The molecule has 1 unspecified atom stereocenters. The minimum Gasteiger partial charge on any atom is -0.468 e. The molecule has 2 N–H and O–H groups in total. The quantitative estimate of drug-likeness (QED) is 0.643. The van der Waals surface area contributed by atoms with Crippen molar-refractivity contribution in [1.29, 1.82) is 0 Å². The maximum atomic E-state index is 11.0. The number of esters is 1. The van der Waals surface area contributed by atoms with Gasteiger partial charge in [0.05, 0.1) is 7.11 Å². The average molecular weight is 191 g/mol. The number of ether oxygens (including phenoxy) is 1. The van der Waals surface area contributed by atoms with Gasteiger partial charge in [0, 0.05) is 12.7 Å². The van der Waals surface area contributed by atoms with Crippen LogP contribution in [0.25, 0.3) is 0 Å². The molecular weight excluding hydrogens is 178 g/mol. The summed E-state index contributed by atoms with van der Waals surface area (Å²) in [5.41, 5.74) is 4.49. The second kappa shape index (κ2) is 4.47. The Balaban J connectivity index is 4.03. The van der Waals surface area contributed by atoms with Gasteiger partial charge in [-0.1, -0.05) is 11.8 Å². The van der Waals surface area contributed by atoms with E-state index in [0.717, 1.165) is 11.8 Å². The van der Waals surface area contributed by atoms with Crippen LogP contribution >= 0.6 is 11.8 Å². The number of hydrogen-bond donors (Lipinski definition) is 1. The predicted molar refractivity (Wildman–Crippen MR) is 47.7 cm³/mol. The molecule has 0 aromatic carbocycles. The zero-order valence-electron chi connectivity index (χ0n) is 7.42. The first-order valence-corrected chi connectivity index (χ1v) is 4.39. The molecule has 0 saturated heterocycles. The van der Waals surface area contributed by atoms with Crippen molar-refractivity contribution in [2.75, 3.05) is 12.9 Å². The lowest BCUT2D eigenvalue weighted by Gasteiger charge is -2.19. The van der Waals surface area contributed by atoms with Gasteiger partial charge in [0.2, 0.25) is 0 Å². The Kier molecular flexibility index (Phi) is 4.26. The molecule has 0 aliphatic heterocycles. The van der Waals surface area contributed by atoms with E-state index in [1.807, 2.05) is 0 Å². The first-order valence-electron chi connectivity index (χ1n) is 3.41. The summed E-state index contributed by atoms with van der Waals surface area (Å²) in [6.07, 6.45) is 0. The summed E-state index contributed by atoms with van der Waals surface area (Å²) < 4.78 is 4.46. The average Bonchev–Trinajstić information content (AvgIpc) is 1.99. The molecule has 0 amide bonds. The zero-order chi connectivity index (χ0) is 9.78. The molecule has 70 valence electrons. The van der Waals surface area contributed by atoms with E-state index in [1.54, 1.807) is 0 Å². The third-order valence-electron chi connectivity index (χ3n) is 1.23. The van der Waals surface area contributed by atoms with E-state index in [9.17, 15) is 9.59 Å². The van der Waals surface area contributed by atoms with E-state index < -0.39 is 11.5 Å². The highest BCUT2D eigenvalue weighted by Gasteiger charge is 2.29. The number of nitrogens with two attached hydrogens (primary N) is 1. The van der Waals surface area contributed by atoms with Gasteiger partial charge in [-0.15, -0.1) is 0 Å². The van der Waals surface area contributed by atoms with Crippen LogP contribution < -0.4 is 5.73 Å². The summed E-state index contributed by atoms with van der Waals surface area (Å²) in [7, 11) is 1.27. The van der Waals surface area contributed by atoms with Crippen molar-refractivity contribution in [2.24, 2.45) is 5.73 Å². The molecular formula is C7H13NO3S. The van der Waals surface area contributed by atoms with Crippen LogP contribution in [0.1, 0.15) is 13.8 Å². The Bertz CT molecular complexity index is 191. The smallest absolute Gasteiger partial charge is 0.326 e. The van der Waals surface area contributed by atoms with Crippen molar-refractivity contribution in [3.8, 4) is 0 Å². The van der Waals surface area contributed by atoms with Crippen LogP contribution in [-0.4, -0.2) is 29.5 Å². The van der Waals surface area contributed by atoms with Gasteiger partial charge in [-0.3, -0.25) is 9.59 Å². The highest BCUT2D eigenvalue weighted by Crippen LogP contribution is 2.12. The van der Waals surface area contributed by atoms with E-state index in [0.29, 0.717) is 0 Å². The van der Waals surface area contributed by atoms with E-state index in [1.165, 1.54) is 21.0 Å². The van der Waals surface area contributed by atoms with Gasteiger partial charge in [0.25, 0.3) is 0 Å². The fraction of sp³-hybridized carbons (Fsp3) is 0.714. The minimum atomic E-state index is -1.08. The number of thioether (sulfide) groups is 1. The van der Waals surface area contributed by atoms with Crippen molar-refractivity contribution in [3.63, 3.8) is 0 Å². The van der Waals surface area contributed by atoms with Crippen LogP contribution in [0.15, 0.2) is 0 Å². The molecule has 0 fully saturated rings. The lowest BCUT2D eigenvalue weighted by atomic mass is 10.1. The maximum absolute atomic E-state index is 11.0. The molecule has 0 aromatic heterocycles. The second-order valence-electron chi connectivity index (χ2n) is 2.69. The second-order valence-corrected chi connectivity index (χ2v) is 3.84. The van der Waals surface area contributed by atoms with E-state index in [2.05, 4.69) is 4.74 Å². The molecule has 0 aliphatic carbocycles. The summed E-state index contributed by atoms with van der Waals surface area (Å²) in [6.45, 7) is 2.97. The molecule has 0 rings (SSSR count). The van der Waals surface area contributed by atoms with E-state index in [-0.39, 0.29) is 10.9 Å². The summed E-state index contributed by atoms with van der Waals surface area (Å²) in [4.78, 5) is 21.5. The van der Waals surface area contributed by atoms with Gasteiger partial charge in [-0.25, -0.2) is 0 Å². The maximum Gasteiger partial charge on any atom is 0.326 e. The molecule has 0 spiro atoms. The fourth-order valence-electron chi connectivity index (χ4n) is 0.544. The third kappa shape index (κ3) is 3.73. The van der Waals surface area contributed by atoms with Gasteiger partial charge >= 0.3 is 5.97 Å². The van der Waals surface area contributed by atoms with Crippen molar-refractivity contribution < 1.29 is 14.3 Å². The van der Waals surface area contributed by atoms with Gasteiger partial charge < -0.3 is 10.5 Å². The summed E-state index contributed by atoms with van der Waals surface area (Å²) in [5, 5.41) is -0.0596. The van der Waals surface area contributed by atoms with Crippen molar-refractivity contribution in [1.82, 2.24) is 0 Å². The summed E-state index contributed by atoms with van der Waals surface area (Å²) in [6, 6.07) is 0. The number of carbonyl (C=O) groups excluding carboxylic acids is 2. The Morgan fingerprint density at radius 3 is 2.42 bits per heavy atom. The van der Waals surface area contributed by atoms with Crippen LogP contribution in [0.3, 0.4) is 0 Å². The number of rotatable bonds is 3. The molecule has 0 bridgehead atoms. The Morgan fingerprint density at radius 1 is 1.58 bits per heavy atom. The molecule has 5 heteroatoms. The predicted octanol–water partition coefficient (Wildman–Crippen LogP) is 0.157. The molecule has 0 heterocycles. The molecule has 12 heavy (non-hydrogen) atoms. The first-order chi connectivity index (χ1) is 5.40. The summed E-state index contributed by atoms with van der Waals surface area (Å²) >= 11 is 1.02. The van der Waals surface area contributed by atoms with Crippen LogP contribution in [0.5, 0.6) is 0 Å². The topological polar surface area (TPSA) is 69.4 Å². The lowest BCUT2D eigenvalue weighted by Crippen LogP contribution is -2.48. The normalized spacial score (nSPS) is 15.0. The van der Waals surface area contributed by atoms with Crippen molar-refractivity contribution >= 4 is 22.8 Å². The number of hydrogen-bond acceptors (Lipinski definition) is 5. The SMILES string of the molecule is COC(=O)C(C)(N)CSC(C)=O. The molecule has 0 aliphatic rings. The van der Waals surface area contributed by atoms with Crippen LogP contribution in [0, 0.1) is 0 Å². The van der Waals surface area contributed by atoms with Gasteiger partial charge in [-0.05, 0) is 6.92 Å². The molecule has 0 aromatic rings. The summed E-state index contributed by atoms with van der Waals surface area (Å²) in [5.74, 6) is -0.258. The van der Waals surface area contributed by atoms with Gasteiger partial charge in [0.15, 0.2) is 5.12 Å². The standard InChI is InChI=1S/C7H13NO3S/c1-5(9)12-4-7(2,8)6(10)11-3/h4,8H2,1-3H3. The molecule has 4 nitrogen and oxygen atoms in total. The highest BCUT2D eigenvalue weighted by molar-refractivity contribution is 8.13. The van der Waals surface area contributed by atoms with Gasteiger partial charge in [-0.2, -0.15) is 0 Å². The van der Waals surface area contributed by atoms with Crippen LogP contribution in [0.4, 0.5) is 0 Å². The molecule has 0 radical (unpaired) electrons. The molecule has 1 atom stereocenters. The lowest BCUT2D eigenvalue weighted by molar-refractivity contribution is -0.145. The molecule has 0 saturated carbocycles. The Labute approximate surface area is 75.8 Å². The first kappa shape index (κ1) is 11.4. The number of methoxy groups -OCH3 is 1. The fourth-order valence-corrected chi connectivity index (χ4v) is 1.16. The van der Waals surface area contributed by atoms with E-state index in [4.69, 9.17) is 5.73 Å². The monoisotopic (exact) mass is 191 g/mol. The van der Waals surface area contributed by atoms with E-state index >= 15 is 0 Å². The van der Waals surface area contributed by atoms with Crippen LogP contribution in [0.2, 0.25) is 0 Å². The van der Waals surface area contributed by atoms with Crippen molar-refractivity contribution in [3.05, 3.63) is 0 Å². The third-order valence-corrected chi connectivity index (χ3v) is 2.38.